The van der Waals surface area contributed by atoms with Crippen LogP contribution in [0, 0.1) is 13.8 Å². The maximum Gasteiger partial charge on any atom is 0.246 e. The van der Waals surface area contributed by atoms with Crippen LogP contribution in [0.25, 0.3) is 6.08 Å². The Hall–Kier alpha value is -3.48. The summed E-state index contributed by atoms with van der Waals surface area (Å²) >= 11 is 0. The molecule has 4 heterocycles. The molecule has 0 bridgehead atoms. The number of furan rings is 1. The van der Waals surface area contributed by atoms with Gasteiger partial charge < -0.3 is 14.6 Å². The van der Waals surface area contributed by atoms with Crippen LogP contribution in [0.5, 0.6) is 0 Å². The monoisotopic (exact) mass is 403 g/mol. The summed E-state index contributed by atoms with van der Waals surface area (Å²) in [5.41, 5.74) is 1.89. The number of aryl methyl sites for hydroxylation is 2. The van der Waals surface area contributed by atoms with Gasteiger partial charge in [0.1, 0.15) is 23.2 Å². The molecule has 1 N–H and O–H groups in total. The maximum absolute atomic E-state index is 12.6. The first kappa shape index (κ1) is 19.8. The molecule has 154 valence electrons. The van der Waals surface area contributed by atoms with E-state index in [0.717, 1.165) is 42.4 Å². The number of anilines is 2. The van der Waals surface area contributed by atoms with E-state index < -0.39 is 0 Å². The van der Waals surface area contributed by atoms with Crippen LogP contribution in [0.3, 0.4) is 0 Å². The van der Waals surface area contributed by atoms with Gasteiger partial charge >= 0.3 is 0 Å². The highest BCUT2D eigenvalue weighted by molar-refractivity contribution is 5.91. The van der Waals surface area contributed by atoms with Crippen molar-refractivity contribution >= 4 is 23.6 Å². The Morgan fingerprint density at radius 2 is 2.07 bits per heavy atom. The smallest absolute Gasteiger partial charge is 0.246 e. The Morgan fingerprint density at radius 1 is 1.17 bits per heavy atom. The molecule has 7 heteroatoms. The number of carbonyl (C=O) groups excluding carboxylic acids is 1. The van der Waals surface area contributed by atoms with E-state index in [1.165, 1.54) is 0 Å². The number of carbonyl (C=O) groups is 1. The van der Waals surface area contributed by atoms with Crippen LogP contribution in [0.4, 0.5) is 11.6 Å². The molecule has 1 amide bonds. The molecule has 7 nitrogen and oxygen atoms in total. The van der Waals surface area contributed by atoms with Crippen LogP contribution in [0.1, 0.15) is 41.7 Å². The number of amides is 1. The lowest BCUT2D eigenvalue weighted by Gasteiger charge is -2.32. The van der Waals surface area contributed by atoms with E-state index >= 15 is 0 Å². The van der Waals surface area contributed by atoms with Gasteiger partial charge in [-0.25, -0.2) is 15.0 Å². The summed E-state index contributed by atoms with van der Waals surface area (Å²) in [5, 5.41) is 3.27. The third-order valence-electron chi connectivity index (χ3n) is 5.09. The van der Waals surface area contributed by atoms with Crippen LogP contribution in [0.2, 0.25) is 0 Å². The number of piperidine rings is 1. The quantitative estimate of drug-likeness (QED) is 0.642. The standard InChI is InChI=1S/C23H25N5O2/c1-16-6-3-9-21(24-16)27-22-14-20(25-17(2)26-22)18-7-4-12-28(15-18)23(29)11-10-19-8-5-13-30-19/h3,5-6,8-11,13-14,18H,4,7,12,15H2,1-2H3,(H,24,25,26,27)/b11-10+/t18-/m0/s1. The van der Waals surface area contributed by atoms with Crippen LogP contribution >= 0.6 is 0 Å². The number of hydrogen-bond acceptors (Lipinski definition) is 6. The Labute approximate surface area is 175 Å². The van der Waals surface area contributed by atoms with Crippen molar-refractivity contribution in [1.29, 1.82) is 0 Å². The summed E-state index contributed by atoms with van der Waals surface area (Å²) in [6, 6.07) is 11.4. The molecule has 0 aromatic carbocycles. The predicted molar refractivity (Wildman–Crippen MR) is 115 cm³/mol. The van der Waals surface area contributed by atoms with E-state index in [-0.39, 0.29) is 11.8 Å². The van der Waals surface area contributed by atoms with Crippen LogP contribution < -0.4 is 5.32 Å². The number of pyridine rings is 1. The Bertz CT molecular complexity index is 1050. The second kappa shape index (κ2) is 8.90. The fourth-order valence-corrected chi connectivity index (χ4v) is 3.67. The summed E-state index contributed by atoms with van der Waals surface area (Å²) in [7, 11) is 0. The average molecular weight is 403 g/mol. The number of likely N-dealkylation sites (tertiary alicyclic amines) is 1. The number of hydrogen-bond donors (Lipinski definition) is 1. The van der Waals surface area contributed by atoms with Gasteiger partial charge in [0.2, 0.25) is 5.91 Å². The van der Waals surface area contributed by atoms with Crippen LogP contribution in [-0.4, -0.2) is 38.8 Å². The number of aromatic nitrogens is 3. The van der Waals surface area contributed by atoms with Gasteiger partial charge in [0.15, 0.2) is 0 Å². The minimum Gasteiger partial charge on any atom is -0.465 e. The predicted octanol–water partition coefficient (Wildman–Crippen LogP) is 4.24. The molecular formula is C23H25N5O2. The molecule has 1 fully saturated rings. The van der Waals surface area contributed by atoms with Gasteiger partial charge in [0.05, 0.1) is 12.0 Å². The summed E-state index contributed by atoms with van der Waals surface area (Å²) in [6.45, 7) is 5.23. The second-order valence-corrected chi connectivity index (χ2v) is 7.49. The summed E-state index contributed by atoms with van der Waals surface area (Å²) in [5.74, 6) is 3.00. The van der Waals surface area contributed by atoms with Crippen molar-refractivity contribution in [2.24, 2.45) is 0 Å². The van der Waals surface area contributed by atoms with Gasteiger partial charge in [-0.2, -0.15) is 0 Å². The van der Waals surface area contributed by atoms with Gasteiger partial charge in [-0.15, -0.1) is 0 Å². The first-order valence-electron chi connectivity index (χ1n) is 10.1. The average Bonchev–Trinajstić information content (AvgIpc) is 3.25. The van der Waals surface area contributed by atoms with E-state index in [2.05, 4.69) is 20.3 Å². The topological polar surface area (TPSA) is 84.2 Å². The highest BCUT2D eigenvalue weighted by Gasteiger charge is 2.25. The van der Waals surface area contributed by atoms with Crippen molar-refractivity contribution in [3.63, 3.8) is 0 Å². The lowest BCUT2D eigenvalue weighted by molar-refractivity contribution is -0.127. The van der Waals surface area contributed by atoms with Crippen molar-refractivity contribution in [3.05, 3.63) is 71.7 Å². The first-order valence-corrected chi connectivity index (χ1v) is 10.1. The van der Waals surface area contributed by atoms with Crippen molar-refractivity contribution in [1.82, 2.24) is 19.9 Å². The maximum atomic E-state index is 12.6. The zero-order valence-corrected chi connectivity index (χ0v) is 17.2. The van der Waals surface area contributed by atoms with Crippen molar-refractivity contribution in [2.75, 3.05) is 18.4 Å². The Morgan fingerprint density at radius 3 is 2.87 bits per heavy atom. The summed E-state index contributed by atoms with van der Waals surface area (Å²) in [4.78, 5) is 28.1. The second-order valence-electron chi connectivity index (χ2n) is 7.49. The molecular weight excluding hydrogens is 378 g/mol. The lowest BCUT2D eigenvalue weighted by atomic mass is 9.94. The zero-order chi connectivity index (χ0) is 20.9. The zero-order valence-electron chi connectivity index (χ0n) is 17.2. The third-order valence-corrected chi connectivity index (χ3v) is 5.09. The van der Waals surface area contributed by atoms with Crippen molar-refractivity contribution < 1.29 is 9.21 Å². The van der Waals surface area contributed by atoms with E-state index in [1.54, 1.807) is 24.5 Å². The Balaban J connectivity index is 1.47. The molecule has 3 aromatic rings. The molecule has 0 unspecified atom stereocenters. The fourth-order valence-electron chi connectivity index (χ4n) is 3.67. The number of nitrogens with zero attached hydrogens (tertiary/aromatic N) is 4. The van der Waals surface area contributed by atoms with Gasteiger partial charge in [-0.05, 0) is 57.0 Å². The van der Waals surface area contributed by atoms with Crippen LogP contribution in [0.15, 0.2) is 53.2 Å². The molecule has 0 radical (unpaired) electrons. The fraction of sp³-hybridized carbons (Fsp3) is 0.304. The van der Waals surface area contributed by atoms with E-state index in [9.17, 15) is 4.79 Å². The van der Waals surface area contributed by atoms with Gasteiger partial charge in [-0.3, -0.25) is 4.79 Å². The van der Waals surface area contributed by atoms with Gasteiger partial charge in [0, 0.05) is 36.8 Å². The van der Waals surface area contributed by atoms with Gasteiger partial charge in [0.25, 0.3) is 0 Å². The largest absolute Gasteiger partial charge is 0.465 e. The van der Waals surface area contributed by atoms with Crippen molar-refractivity contribution in [2.45, 2.75) is 32.6 Å². The Kier molecular flexibility index (Phi) is 5.88. The molecule has 1 aliphatic heterocycles. The molecule has 1 atom stereocenters. The highest BCUT2D eigenvalue weighted by Crippen LogP contribution is 2.28. The lowest BCUT2D eigenvalue weighted by Crippen LogP contribution is -2.38. The van der Waals surface area contributed by atoms with E-state index in [0.29, 0.717) is 18.1 Å². The minimum absolute atomic E-state index is 0.0100. The molecule has 0 spiro atoms. The molecule has 4 rings (SSSR count). The molecule has 0 aliphatic carbocycles. The summed E-state index contributed by atoms with van der Waals surface area (Å²) in [6.07, 6.45) is 6.80. The number of rotatable bonds is 5. The van der Waals surface area contributed by atoms with Gasteiger partial charge in [-0.1, -0.05) is 6.07 Å². The van der Waals surface area contributed by atoms with Crippen molar-refractivity contribution in [3.8, 4) is 0 Å². The molecule has 1 saturated heterocycles. The molecule has 0 saturated carbocycles. The van der Waals surface area contributed by atoms with Crippen LogP contribution in [-0.2, 0) is 4.79 Å². The number of nitrogens with one attached hydrogen (secondary N) is 1. The third kappa shape index (κ3) is 4.92. The molecule has 1 aliphatic rings. The molecule has 3 aromatic heterocycles. The normalized spacial score (nSPS) is 16.7. The van der Waals surface area contributed by atoms with E-state index in [1.807, 2.05) is 49.1 Å². The highest BCUT2D eigenvalue weighted by atomic mass is 16.3. The molecule has 30 heavy (non-hydrogen) atoms. The minimum atomic E-state index is -0.0100. The summed E-state index contributed by atoms with van der Waals surface area (Å²) < 4.78 is 5.26. The SMILES string of the molecule is Cc1cccc(Nc2cc([C@H]3CCCN(C(=O)/C=C/c4ccco4)C3)nc(C)n2)n1. The van der Waals surface area contributed by atoms with E-state index in [4.69, 9.17) is 4.42 Å². The first-order chi connectivity index (χ1) is 14.6.